The van der Waals surface area contributed by atoms with Crippen molar-refractivity contribution in [1.82, 2.24) is 15.0 Å². The van der Waals surface area contributed by atoms with Gasteiger partial charge in [-0.15, -0.1) is 0 Å². The summed E-state index contributed by atoms with van der Waals surface area (Å²) in [7, 11) is 0. The Labute approximate surface area is 162 Å². The predicted molar refractivity (Wildman–Crippen MR) is 103 cm³/mol. The molecule has 7 nitrogen and oxygen atoms in total. The van der Waals surface area contributed by atoms with Gasteiger partial charge in [-0.3, -0.25) is 0 Å². The smallest absolute Gasteiger partial charge is 0.322 e. The van der Waals surface area contributed by atoms with Crippen LogP contribution in [0.15, 0.2) is 53.1 Å². The molecule has 0 spiro atoms. The summed E-state index contributed by atoms with van der Waals surface area (Å²) in [5, 5.41) is 15.8. The first kappa shape index (κ1) is 17.7. The number of urea groups is 1. The summed E-state index contributed by atoms with van der Waals surface area (Å²) in [4.78, 5) is 19.0. The van der Waals surface area contributed by atoms with Crippen molar-refractivity contribution in [2.75, 3.05) is 11.9 Å². The normalized spacial score (nSPS) is 16.0. The lowest BCUT2D eigenvalue weighted by atomic mass is 10.1. The molecular formula is C21H19N5O2. The van der Waals surface area contributed by atoms with E-state index >= 15 is 0 Å². The molecule has 0 saturated carbocycles. The third-order valence-corrected chi connectivity index (χ3v) is 4.82. The fraction of sp³-hybridized carbons (Fsp3) is 0.238. The topological polar surface area (TPSA) is 95.0 Å². The van der Waals surface area contributed by atoms with Crippen molar-refractivity contribution in [3.8, 4) is 17.5 Å². The van der Waals surface area contributed by atoms with Crippen LogP contribution in [-0.4, -0.2) is 27.6 Å². The maximum Gasteiger partial charge on any atom is 0.322 e. The zero-order valence-electron chi connectivity index (χ0n) is 15.4. The van der Waals surface area contributed by atoms with E-state index < -0.39 is 0 Å². The van der Waals surface area contributed by atoms with Crippen molar-refractivity contribution in [2.45, 2.75) is 25.8 Å². The Hall–Kier alpha value is -3.66. The van der Waals surface area contributed by atoms with Crippen LogP contribution in [-0.2, 0) is 0 Å². The average Bonchev–Trinajstić information content (AvgIpc) is 3.38. The molecule has 0 unspecified atom stereocenters. The number of benzene rings is 2. The van der Waals surface area contributed by atoms with E-state index in [1.807, 2.05) is 31.2 Å². The molecule has 4 rings (SSSR count). The maximum atomic E-state index is 12.7. The Balaban J connectivity index is 1.49. The first-order valence-corrected chi connectivity index (χ1v) is 9.12. The molecule has 1 aliphatic rings. The molecule has 0 aliphatic carbocycles. The highest BCUT2D eigenvalue weighted by Gasteiger charge is 2.34. The summed E-state index contributed by atoms with van der Waals surface area (Å²) in [6.07, 6.45) is 1.64. The number of carbonyl (C=O) groups excluding carboxylic acids is 1. The third kappa shape index (κ3) is 3.58. The lowest BCUT2D eigenvalue weighted by Gasteiger charge is -2.22. The molecule has 3 aromatic rings. The van der Waals surface area contributed by atoms with Crippen molar-refractivity contribution in [3.05, 3.63) is 65.5 Å². The monoisotopic (exact) mass is 373 g/mol. The summed E-state index contributed by atoms with van der Waals surface area (Å²) in [6, 6.07) is 16.3. The molecule has 1 N–H and O–H groups in total. The van der Waals surface area contributed by atoms with Gasteiger partial charge in [0.2, 0.25) is 11.7 Å². The number of nitrogens with one attached hydrogen (secondary N) is 1. The molecule has 2 amide bonds. The Bertz CT molecular complexity index is 1020. The Kier molecular flexibility index (Phi) is 4.77. The zero-order valence-corrected chi connectivity index (χ0v) is 15.4. The minimum atomic E-state index is -0.245. The van der Waals surface area contributed by atoms with E-state index in [2.05, 4.69) is 21.5 Å². The number of rotatable bonds is 3. The Morgan fingerprint density at radius 3 is 2.68 bits per heavy atom. The van der Waals surface area contributed by atoms with Crippen LogP contribution in [0.1, 0.15) is 35.9 Å². The lowest BCUT2D eigenvalue weighted by Crippen LogP contribution is -2.34. The third-order valence-electron chi connectivity index (χ3n) is 4.82. The van der Waals surface area contributed by atoms with Crippen LogP contribution in [0, 0.1) is 18.3 Å². The highest BCUT2D eigenvalue weighted by Crippen LogP contribution is 2.32. The van der Waals surface area contributed by atoms with Crippen molar-refractivity contribution >= 4 is 11.7 Å². The van der Waals surface area contributed by atoms with Crippen molar-refractivity contribution in [2.24, 2.45) is 0 Å². The summed E-state index contributed by atoms with van der Waals surface area (Å²) in [6.45, 7) is 2.64. The van der Waals surface area contributed by atoms with Crippen molar-refractivity contribution < 1.29 is 9.32 Å². The number of likely N-dealkylation sites (tertiary alicyclic amines) is 1. The molecule has 1 saturated heterocycles. The van der Waals surface area contributed by atoms with Crippen LogP contribution >= 0.6 is 0 Å². The molecule has 2 heterocycles. The molecule has 28 heavy (non-hydrogen) atoms. The van der Waals surface area contributed by atoms with E-state index in [1.165, 1.54) is 0 Å². The van der Waals surface area contributed by atoms with Gasteiger partial charge in [-0.25, -0.2) is 4.79 Å². The van der Waals surface area contributed by atoms with Gasteiger partial charge >= 0.3 is 6.03 Å². The fourth-order valence-corrected chi connectivity index (χ4v) is 3.28. The second kappa shape index (κ2) is 7.53. The van der Waals surface area contributed by atoms with Gasteiger partial charge in [0.1, 0.15) is 6.04 Å². The number of hydrogen-bond donors (Lipinski definition) is 1. The Morgan fingerprint density at radius 1 is 1.21 bits per heavy atom. The maximum absolute atomic E-state index is 12.7. The van der Waals surface area contributed by atoms with E-state index in [0.717, 1.165) is 24.0 Å². The highest BCUT2D eigenvalue weighted by atomic mass is 16.5. The number of nitriles is 1. The van der Waals surface area contributed by atoms with Crippen molar-refractivity contribution in [3.63, 3.8) is 0 Å². The molecule has 1 aliphatic heterocycles. The molecule has 0 bridgehead atoms. The first-order chi connectivity index (χ1) is 13.6. The van der Waals surface area contributed by atoms with E-state index in [1.54, 1.807) is 29.2 Å². The summed E-state index contributed by atoms with van der Waals surface area (Å²) < 4.78 is 5.48. The van der Waals surface area contributed by atoms with Crippen LogP contribution in [0.4, 0.5) is 10.5 Å². The van der Waals surface area contributed by atoms with Crippen molar-refractivity contribution in [1.29, 1.82) is 5.26 Å². The molecule has 1 fully saturated rings. The number of anilines is 1. The van der Waals surface area contributed by atoms with Gasteiger partial charge in [0, 0.05) is 17.8 Å². The number of carbonyl (C=O) groups is 1. The van der Waals surface area contributed by atoms with Crippen LogP contribution in [0.25, 0.3) is 11.4 Å². The minimum Gasteiger partial charge on any atom is -0.337 e. The Morgan fingerprint density at radius 2 is 1.96 bits per heavy atom. The minimum absolute atomic E-state index is 0.220. The van der Waals surface area contributed by atoms with Gasteiger partial charge in [-0.1, -0.05) is 35.0 Å². The SMILES string of the molecule is Cc1ccc(-c2noc([C@H]3CCCN3C(=O)Nc3ccc(C#N)cc3)n2)cc1. The van der Waals surface area contributed by atoms with Gasteiger partial charge in [-0.05, 0) is 44.0 Å². The number of amides is 2. The van der Waals surface area contributed by atoms with Crippen LogP contribution in [0.2, 0.25) is 0 Å². The number of nitrogens with zero attached hydrogens (tertiary/aromatic N) is 4. The van der Waals surface area contributed by atoms with Gasteiger partial charge < -0.3 is 14.7 Å². The van der Waals surface area contributed by atoms with Gasteiger partial charge in [0.05, 0.1) is 11.6 Å². The first-order valence-electron chi connectivity index (χ1n) is 9.12. The van der Waals surface area contributed by atoms with E-state index in [9.17, 15) is 4.79 Å². The standard InChI is InChI=1S/C21H19N5O2/c1-14-4-8-16(9-5-14)19-24-20(28-25-19)18-3-2-12-26(18)21(27)23-17-10-6-15(13-22)7-11-17/h4-11,18H,2-3,12H2,1H3,(H,23,27)/t18-/m1/s1. The van der Waals surface area contributed by atoms with E-state index in [4.69, 9.17) is 9.78 Å². The molecule has 7 heteroatoms. The zero-order chi connectivity index (χ0) is 19.5. The van der Waals surface area contributed by atoms with Crippen LogP contribution in [0.3, 0.4) is 0 Å². The van der Waals surface area contributed by atoms with Gasteiger partial charge in [-0.2, -0.15) is 10.2 Å². The highest BCUT2D eigenvalue weighted by molar-refractivity contribution is 5.89. The summed E-state index contributed by atoms with van der Waals surface area (Å²) in [5.74, 6) is 0.970. The number of hydrogen-bond acceptors (Lipinski definition) is 5. The lowest BCUT2D eigenvalue weighted by molar-refractivity contribution is 0.193. The van der Waals surface area contributed by atoms with E-state index in [-0.39, 0.29) is 12.1 Å². The average molecular weight is 373 g/mol. The molecule has 140 valence electrons. The largest absolute Gasteiger partial charge is 0.337 e. The van der Waals surface area contributed by atoms with Crippen LogP contribution < -0.4 is 5.32 Å². The van der Waals surface area contributed by atoms with E-state index in [0.29, 0.717) is 29.5 Å². The molecule has 2 aromatic carbocycles. The molecule has 0 radical (unpaired) electrons. The molecular weight excluding hydrogens is 354 g/mol. The summed E-state index contributed by atoms with van der Waals surface area (Å²) >= 11 is 0. The molecule has 1 atom stereocenters. The molecule has 1 aromatic heterocycles. The van der Waals surface area contributed by atoms with Gasteiger partial charge in [0.15, 0.2) is 0 Å². The second-order valence-corrected chi connectivity index (χ2v) is 6.79. The predicted octanol–water partition coefficient (Wildman–Crippen LogP) is 4.29. The van der Waals surface area contributed by atoms with Crippen LogP contribution in [0.5, 0.6) is 0 Å². The number of aromatic nitrogens is 2. The fourth-order valence-electron chi connectivity index (χ4n) is 3.28. The summed E-state index contributed by atoms with van der Waals surface area (Å²) in [5.41, 5.74) is 3.23. The number of aryl methyl sites for hydroxylation is 1. The second-order valence-electron chi connectivity index (χ2n) is 6.79. The quantitative estimate of drug-likeness (QED) is 0.739. The van der Waals surface area contributed by atoms with Gasteiger partial charge in [0.25, 0.3) is 0 Å².